The van der Waals surface area contributed by atoms with Gasteiger partial charge in [0.1, 0.15) is 5.92 Å². The molecule has 2 aromatic rings. The molecule has 1 atom stereocenters. The maximum atomic E-state index is 11.9. The van der Waals surface area contributed by atoms with Crippen LogP contribution in [0.5, 0.6) is 0 Å². The molecule has 6 nitrogen and oxygen atoms in total. The van der Waals surface area contributed by atoms with Crippen molar-refractivity contribution in [3.63, 3.8) is 0 Å². The molecule has 0 aliphatic heterocycles. The fraction of sp³-hybridized carbons (Fsp3) is 0.214. The van der Waals surface area contributed by atoms with Gasteiger partial charge in [-0.1, -0.05) is 45.9 Å². The first-order valence-electron chi connectivity index (χ1n) is 6.30. The van der Waals surface area contributed by atoms with Crippen LogP contribution < -0.4 is 0 Å². The Balaban J connectivity index is 2.05. The van der Waals surface area contributed by atoms with Gasteiger partial charge in [-0.25, -0.2) is 4.98 Å². The summed E-state index contributed by atoms with van der Waals surface area (Å²) >= 11 is 4.59. The molecule has 2 rings (SSSR count). The molecule has 112 valence electrons. The molecule has 8 heteroatoms. The average molecular weight is 378 g/mol. The Morgan fingerprint density at radius 1 is 1.55 bits per heavy atom. The number of aromatic nitrogens is 3. The molecule has 1 heterocycles. The number of nitriles is 1. The maximum Gasteiger partial charge on any atom is 0.209 e. The Kier molecular flexibility index (Phi) is 5.46. The van der Waals surface area contributed by atoms with Crippen LogP contribution >= 0.6 is 27.7 Å². The van der Waals surface area contributed by atoms with E-state index in [9.17, 15) is 4.79 Å². The van der Waals surface area contributed by atoms with Crippen molar-refractivity contribution in [2.75, 3.05) is 5.75 Å². The standard InChI is InChI=1S/C14H12BrN5OS/c1-8(17)10(6-16)12(21)7-22-14-18-13(19-20-14)9-4-2-3-5-11(9)15/h2-5,10,17H,7H2,1H3,(H,18,19,20). The summed E-state index contributed by atoms with van der Waals surface area (Å²) < 4.78 is 0.891. The summed E-state index contributed by atoms with van der Waals surface area (Å²) in [6, 6.07) is 9.43. The molecule has 0 saturated heterocycles. The van der Waals surface area contributed by atoms with E-state index in [0.29, 0.717) is 11.0 Å². The molecule has 0 amide bonds. The predicted octanol–water partition coefficient (Wildman–Crippen LogP) is 3.07. The number of hydrogen-bond acceptors (Lipinski definition) is 6. The molecule has 22 heavy (non-hydrogen) atoms. The summed E-state index contributed by atoms with van der Waals surface area (Å²) in [6.07, 6.45) is 0. The molecule has 0 aliphatic carbocycles. The number of carbonyl (C=O) groups is 1. The number of nitrogens with zero attached hydrogens (tertiary/aromatic N) is 3. The lowest BCUT2D eigenvalue weighted by atomic mass is 10.0. The van der Waals surface area contributed by atoms with Crippen LogP contribution in [0.1, 0.15) is 6.92 Å². The van der Waals surface area contributed by atoms with Gasteiger partial charge in [-0.3, -0.25) is 9.89 Å². The number of nitrogens with one attached hydrogen (secondary N) is 2. The van der Waals surface area contributed by atoms with Crippen molar-refractivity contribution in [1.29, 1.82) is 10.7 Å². The van der Waals surface area contributed by atoms with Gasteiger partial charge in [0.15, 0.2) is 11.6 Å². The number of carbonyl (C=O) groups excluding carboxylic acids is 1. The van der Waals surface area contributed by atoms with E-state index in [-0.39, 0.29) is 17.2 Å². The lowest BCUT2D eigenvalue weighted by molar-refractivity contribution is -0.117. The topological polar surface area (TPSA) is 106 Å². The number of ketones is 1. The molecule has 0 saturated carbocycles. The number of benzene rings is 1. The van der Waals surface area contributed by atoms with Gasteiger partial charge < -0.3 is 5.41 Å². The molecule has 0 bridgehead atoms. The van der Waals surface area contributed by atoms with Crippen LogP contribution in [0.15, 0.2) is 33.9 Å². The molecule has 1 unspecified atom stereocenters. The summed E-state index contributed by atoms with van der Waals surface area (Å²) in [5.41, 5.74) is 0.926. The van der Waals surface area contributed by atoms with E-state index in [2.05, 4.69) is 31.1 Å². The number of hydrogen-bond donors (Lipinski definition) is 2. The first kappa shape index (κ1) is 16.4. The van der Waals surface area contributed by atoms with Gasteiger partial charge in [-0.15, -0.1) is 5.10 Å². The molecule has 0 spiro atoms. The second kappa shape index (κ2) is 7.33. The van der Waals surface area contributed by atoms with E-state index in [1.165, 1.54) is 6.92 Å². The highest BCUT2D eigenvalue weighted by Crippen LogP contribution is 2.26. The number of aromatic amines is 1. The Labute approximate surface area is 140 Å². The Hall–Kier alpha value is -1.98. The van der Waals surface area contributed by atoms with Gasteiger partial charge in [-0.2, -0.15) is 5.26 Å². The lowest BCUT2D eigenvalue weighted by Crippen LogP contribution is -2.21. The van der Waals surface area contributed by atoms with Gasteiger partial charge in [0, 0.05) is 15.7 Å². The number of halogens is 1. The van der Waals surface area contributed by atoms with Crippen LogP contribution in [0.4, 0.5) is 0 Å². The van der Waals surface area contributed by atoms with Crippen molar-refractivity contribution in [2.24, 2.45) is 5.92 Å². The third-order valence-corrected chi connectivity index (χ3v) is 4.38. The van der Waals surface area contributed by atoms with Crippen molar-refractivity contribution in [2.45, 2.75) is 12.1 Å². The third-order valence-electron chi connectivity index (χ3n) is 2.82. The molecule has 1 aromatic carbocycles. The van der Waals surface area contributed by atoms with Crippen LogP contribution in [0, 0.1) is 22.7 Å². The first-order valence-corrected chi connectivity index (χ1v) is 8.08. The van der Waals surface area contributed by atoms with Gasteiger partial charge in [-0.05, 0) is 13.0 Å². The minimum absolute atomic E-state index is 0.0528. The van der Waals surface area contributed by atoms with Crippen molar-refractivity contribution in [3.8, 4) is 17.5 Å². The van der Waals surface area contributed by atoms with Crippen LogP contribution in [-0.2, 0) is 4.79 Å². The summed E-state index contributed by atoms with van der Waals surface area (Å²) in [5.74, 6) is -0.647. The van der Waals surface area contributed by atoms with E-state index in [4.69, 9.17) is 10.7 Å². The van der Waals surface area contributed by atoms with Crippen LogP contribution in [0.25, 0.3) is 11.4 Å². The van der Waals surface area contributed by atoms with Crippen molar-refractivity contribution in [1.82, 2.24) is 15.2 Å². The largest absolute Gasteiger partial charge is 0.308 e. The van der Waals surface area contributed by atoms with Gasteiger partial charge in [0.2, 0.25) is 5.16 Å². The maximum absolute atomic E-state index is 11.9. The predicted molar refractivity (Wildman–Crippen MR) is 87.8 cm³/mol. The Morgan fingerprint density at radius 3 is 2.91 bits per heavy atom. The monoisotopic (exact) mass is 377 g/mol. The molecule has 1 aromatic heterocycles. The summed E-state index contributed by atoms with van der Waals surface area (Å²) in [7, 11) is 0. The van der Waals surface area contributed by atoms with Crippen molar-refractivity contribution < 1.29 is 4.79 Å². The number of Topliss-reactive ketones (excluding diaryl/α,β-unsaturated/α-hetero) is 1. The van der Waals surface area contributed by atoms with Crippen LogP contribution in [0.3, 0.4) is 0 Å². The molecule has 0 fully saturated rings. The third kappa shape index (κ3) is 3.81. The van der Waals surface area contributed by atoms with Gasteiger partial charge in [0.25, 0.3) is 0 Å². The van der Waals surface area contributed by atoms with E-state index in [1.54, 1.807) is 0 Å². The zero-order valence-electron chi connectivity index (χ0n) is 11.6. The molecule has 0 aliphatic rings. The highest BCUT2D eigenvalue weighted by Gasteiger charge is 2.20. The Morgan fingerprint density at radius 2 is 2.27 bits per heavy atom. The van der Waals surface area contributed by atoms with Gasteiger partial charge >= 0.3 is 0 Å². The Bertz CT molecular complexity index is 752. The fourth-order valence-electron chi connectivity index (χ4n) is 1.71. The minimum atomic E-state index is -0.991. The molecule has 2 N–H and O–H groups in total. The fourth-order valence-corrected chi connectivity index (χ4v) is 2.89. The van der Waals surface area contributed by atoms with E-state index >= 15 is 0 Å². The molecular weight excluding hydrogens is 366 g/mol. The van der Waals surface area contributed by atoms with Crippen LogP contribution in [0.2, 0.25) is 0 Å². The number of H-pyrrole nitrogens is 1. The smallest absolute Gasteiger partial charge is 0.209 e. The lowest BCUT2D eigenvalue weighted by Gasteiger charge is -2.03. The molecule has 0 radical (unpaired) electrons. The number of rotatable bonds is 6. The normalized spacial score (nSPS) is 11.7. The molecular formula is C14H12BrN5OS. The minimum Gasteiger partial charge on any atom is -0.308 e. The quantitative estimate of drug-likeness (QED) is 0.594. The zero-order valence-corrected chi connectivity index (χ0v) is 14.0. The highest BCUT2D eigenvalue weighted by molar-refractivity contribution is 9.10. The summed E-state index contributed by atoms with van der Waals surface area (Å²) in [4.78, 5) is 16.2. The van der Waals surface area contributed by atoms with E-state index < -0.39 is 5.92 Å². The zero-order chi connectivity index (χ0) is 16.1. The average Bonchev–Trinajstić information content (AvgIpc) is 2.94. The first-order chi connectivity index (χ1) is 10.5. The second-order valence-electron chi connectivity index (χ2n) is 4.45. The SMILES string of the molecule is CC(=N)C(C#N)C(=O)CSc1n[nH]c(-c2ccccc2Br)n1. The van der Waals surface area contributed by atoms with Crippen LogP contribution in [-0.4, -0.2) is 32.4 Å². The van der Waals surface area contributed by atoms with E-state index in [0.717, 1.165) is 21.8 Å². The summed E-state index contributed by atoms with van der Waals surface area (Å²) in [6.45, 7) is 1.45. The van der Waals surface area contributed by atoms with Crippen molar-refractivity contribution >= 4 is 39.2 Å². The number of thioether (sulfide) groups is 1. The summed E-state index contributed by atoms with van der Waals surface area (Å²) in [5, 5.41) is 23.6. The van der Waals surface area contributed by atoms with E-state index in [1.807, 2.05) is 30.3 Å². The highest BCUT2D eigenvalue weighted by atomic mass is 79.9. The second-order valence-corrected chi connectivity index (χ2v) is 6.24. The van der Waals surface area contributed by atoms with Crippen molar-refractivity contribution in [3.05, 3.63) is 28.7 Å². The van der Waals surface area contributed by atoms with Gasteiger partial charge in [0.05, 0.1) is 11.8 Å².